The normalized spacial score (nSPS) is 16.2. The van der Waals surface area contributed by atoms with Crippen LogP contribution in [-0.4, -0.2) is 27.5 Å². The number of hydrogen-bond acceptors (Lipinski definition) is 6. The Balaban J connectivity index is 2.84. The van der Waals surface area contributed by atoms with Crippen LogP contribution in [0.3, 0.4) is 0 Å². The molecule has 1 amide bonds. The van der Waals surface area contributed by atoms with E-state index >= 15 is 0 Å². The van der Waals surface area contributed by atoms with Gasteiger partial charge in [-0.25, -0.2) is 0 Å². The number of nitrogens with zero attached hydrogens (tertiary/aromatic N) is 2. The molecule has 0 fully saturated rings. The molecule has 19 heavy (non-hydrogen) atoms. The standard InChI is InChI=1S/C9H3Br2N3O5/c10-2-1-3-4(5(11)7(2)14(18)19)6(13-17)8(15)9(16)12-3/h1,17H,(H,12,16). The van der Waals surface area contributed by atoms with Crippen molar-refractivity contribution in [2.24, 2.45) is 5.16 Å². The number of rotatable bonds is 1. The van der Waals surface area contributed by atoms with E-state index in [0.717, 1.165) is 0 Å². The number of ketones is 1. The van der Waals surface area contributed by atoms with E-state index < -0.39 is 22.3 Å². The van der Waals surface area contributed by atoms with Crippen molar-refractivity contribution in [3.63, 3.8) is 0 Å². The lowest BCUT2D eigenvalue weighted by Crippen LogP contribution is -2.36. The summed E-state index contributed by atoms with van der Waals surface area (Å²) in [7, 11) is 0. The van der Waals surface area contributed by atoms with Crippen LogP contribution in [0.5, 0.6) is 0 Å². The Labute approximate surface area is 121 Å². The minimum absolute atomic E-state index is 0.0398. The van der Waals surface area contributed by atoms with Gasteiger partial charge in [0.15, 0.2) is 5.71 Å². The molecule has 1 aromatic carbocycles. The number of anilines is 1. The molecule has 0 bridgehead atoms. The summed E-state index contributed by atoms with van der Waals surface area (Å²) in [5.74, 6) is -2.06. The van der Waals surface area contributed by atoms with Crippen LogP contribution >= 0.6 is 31.9 Å². The molecule has 2 rings (SSSR count). The second-order valence-corrected chi connectivity index (χ2v) is 5.08. The molecule has 10 heteroatoms. The Morgan fingerprint density at radius 3 is 2.53 bits per heavy atom. The molecular weight excluding hydrogens is 390 g/mol. The summed E-state index contributed by atoms with van der Waals surface area (Å²) in [5, 5.41) is 24.8. The second-order valence-electron chi connectivity index (χ2n) is 3.43. The monoisotopic (exact) mass is 391 g/mol. The van der Waals surface area contributed by atoms with Crippen LogP contribution < -0.4 is 5.32 Å². The highest BCUT2D eigenvalue weighted by Crippen LogP contribution is 2.41. The molecule has 0 aliphatic carbocycles. The maximum Gasteiger partial charge on any atom is 0.298 e. The summed E-state index contributed by atoms with van der Waals surface area (Å²) in [4.78, 5) is 33.1. The zero-order chi connectivity index (χ0) is 14.3. The number of nitrogens with one attached hydrogen (secondary N) is 1. The van der Waals surface area contributed by atoms with Gasteiger partial charge in [0.2, 0.25) is 0 Å². The first-order valence-electron chi connectivity index (χ1n) is 4.63. The van der Waals surface area contributed by atoms with Crippen molar-refractivity contribution >= 4 is 60.6 Å². The van der Waals surface area contributed by atoms with E-state index in [9.17, 15) is 19.7 Å². The smallest absolute Gasteiger partial charge is 0.298 e. The van der Waals surface area contributed by atoms with Crippen molar-refractivity contribution in [3.05, 3.63) is 30.7 Å². The van der Waals surface area contributed by atoms with E-state index in [4.69, 9.17) is 5.21 Å². The van der Waals surface area contributed by atoms with Gasteiger partial charge in [0.1, 0.15) is 4.47 Å². The van der Waals surface area contributed by atoms with Crippen LogP contribution in [0.15, 0.2) is 20.2 Å². The third-order valence-corrected chi connectivity index (χ3v) is 3.76. The molecular formula is C9H3Br2N3O5. The van der Waals surface area contributed by atoms with E-state index in [1.54, 1.807) is 0 Å². The number of benzene rings is 1. The summed E-state index contributed by atoms with van der Waals surface area (Å²) >= 11 is 5.97. The van der Waals surface area contributed by atoms with E-state index in [-0.39, 0.29) is 25.9 Å². The molecule has 8 nitrogen and oxygen atoms in total. The highest BCUT2D eigenvalue weighted by Gasteiger charge is 2.36. The van der Waals surface area contributed by atoms with Gasteiger partial charge < -0.3 is 10.5 Å². The largest absolute Gasteiger partial charge is 0.410 e. The summed E-state index contributed by atoms with van der Waals surface area (Å²) in [6.45, 7) is 0. The number of oxime groups is 1. The minimum Gasteiger partial charge on any atom is -0.410 e. The molecule has 0 saturated carbocycles. The summed E-state index contributed by atoms with van der Waals surface area (Å²) in [6, 6.07) is 1.26. The van der Waals surface area contributed by atoms with Gasteiger partial charge in [-0.1, -0.05) is 5.16 Å². The Morgan fingerprint density at radius 1 is 1.37 bits per heavy atom. The number of nitro groups is 1. The van der Waals surface area contributed by atoms with Crippen LogP contribution in [0.25, 0.3) is 0 Å². The number of hydrogen-bond donors (Lipinski definition) is 2. The molecule has 1 heterocycles. The maximum absolute atomic E-state index is 11.5. The number of carbonyl (C=O) groups excluding carboxylic acids is 2. The van der Waals surface area contributed by atoms with Gasteiger partial charge >= 0.3 is 0 Å². The number of Topliss-reactive ketones (excluding diaryl/α,β-unsaturated/α-hetero) is 1. The van der Waals surface area contributed by atoms with E-state index in [0.29, 0.717) is 0 Å². The van der Waals surface area contributed by atoms with Crippen LogP contribution in [0.2, 0.25) is 0 Å². The number of halogens is 2. The Kier molecular flexibility index (Phi) is 3.37. The average Bonchev–Trinajstić information content (AvgIpc) is 2.31. The lowest BCUT2D eigenvalue weighted by molar-refractivity contribution is -0.386. The number of fused-ring (bicyclic) bond motifs is 1. The first-order valence-corrected chi connectivity index (χ1v) is 6.21. The van der Waals surface area contributed by atoms with Crippen LogP contribution in [0, 0.1) is 10.1 Å². The van der Waals surface area contributed by atoms with Gasteiger partial charge in [0.25, 0.3) is 17.4 Å². The van der Waals surface area contributed by atoms with Crippen molar-refractivity contribution in [3.8, 4) is 0 Å². The molecule has 0 unspecified atom stereocenters. The van der Waals surface area contributed by atoms with E-state index in [1.165, 1.54) is 6.07 Å². The van der Waals surface area contributed by atoms with Crippen LogP contribution in [-0.2, 0) is 9.59 Å². The third-order valence-electron chi connectivity index (χ3n) is 2.38. The maximum atomic E-state index is 11.5. The molecule has 0 saturated heterocycles. The minimum atomic E-state index is -1.08. The Bertz CT molecular complexity index is 670. The highest BCUT2D eigenvalue weighted by atomic mass is 79.9. The predicted molar refractivity (Wildman–Crippen MR) is 70.5 cm³/mol. The van der Waals surface area contributed by atoms with Crippen molar-refractivity contribution in [1.82, 2.24) is 0 Å². The van der Waals surface area contributed by atoms with E-state index in [2.05, 4.69) is 42.3 Å². The third kappa shape index (κ3) is 2.02. The Hall–Kier alpha value is -1.81. The fourth-order valence-electron chi connectivity index (χ4n) is 1.60. The predicted octanol–water partition coefficient (Wildman–Crippen LogP) is 1.82. The molecule has 0 radical (unpaired) electrons. The molecule has 1 aliphatic heterocycles. The first kappa shape index (κ1) is 13.6. The van der Waals surface area contributed by atoms with Crippen molar-refractivity contribution in [1.29, 1.82) is 0 Å². The molecule has 2 N–H and O–H groups in total. The number of amides is 1. The molecule has 0 spiro atoms. The van der Waals surface area contributed by atoms with Gasteiger partial charge in [-0.3, -0.25) is 19.7 Å². The fraction of sp³-hybridized carbons (Fsp3) is 0. The molecule has 0 atom stereocenters. The number of carbonyl (C=O) groups is 2. The second kappa shape index (κ2) is 4.70. The lowest BCUT2D eigenvalue weighted by Gasteiger charge is -2.18. The zero-order valence-corrected chi connectivity index (χ0v) is 12.0. The van der Waals surface area contributed by atoms with Gasteiger partial charge in [-0.15, -0.1) is 0 Å². The van der Waals surface area contributed by atoms with Gasteiger partial charge in [0, 0.05) is 0 Å². The molecule has 1 aromatic rings. The van der Waals surface area contributed by atoms with Gasteiger partial charge in [0.05, 0.1) is 20.6 Å². The first-order chi connectivity index (χ1) is 8.88. The van der Waals surface area contributed by atoms with Crippen LogP contribution in [0.4, 0.5) is 11.4 Å². The fourth-order valence-corrected chi connectivity index (χ4v) is 3.20. The molecule has 0 aromatic heterocycles. The summed E-state index contributed by atoms with van der Waals surface area (Å²) in [6.07, 6.45) is 0. The summed E-state index contributed by atoms with van der Waals surface area (Å²) < 4.78 is 0.0399. The van der Waals surface area contributed by atoms with E-state index in [1.807, 2.05) is 0 Å². The van der Waals surface area contributed by atoms with Crippen molar-refractivity contribution < 1.29 is 19.7 Å². The molecule has 1 aliphatic rings. The quantitative estimate of drug-likeness (QED) is 0.326. The van der Waals surface area contributed by atoms with Crippen LogP contribution in [0.1, 0.15) is 5.56 Å². The lowest BCUT2D eigenvalue weighted by atomic mass is 9.99. The summed E-state index contributed by atoms with van der Waals surface area (Å²) in [5.41, 5.74) is -0.811. The SMILES string of the molecule is O=C1Nc2cc(Br)c([N+](=O)[O-])c(Br)c2C(=NO)C1=O. The highest BCUT2D eigenvalue weighted by molar-refractivity contribution is 9.11. The van der Waals surface area contributed by atoms with Gasteiger partial charge in [-0.2, -0.15) is 0 Å². The zero-order valence-electron chi connectivity index (χ0n) is 8.81. The average molecular weight is 393 g/mol. The van der Waals surface area contributed by atoms with Crippen molar-refractivity contribution in [2.45, 2.75) is 0 Å². The topological polar surface area (TPSA) is 122 Å². The van der Waals surface area contributed by atoms with Crippen molar-refractivity contribution in [2.75, 3.05) is 5.32 Å². The molecule has 98 valence electrons. The Morgan fingerprint density at radius 2 is 2.00 bits per heavy atom. The number of nitro benzene ring substituents is 1. The van der Waals surface area contributed by atoms with Gasteiger partial charge in [-0.05, 0) is 37.9 Å².